The van der Waals surface area contributed by atoms with Gasteiger partial charge in [0.25, 0.3) is 0 Å². The van der Waals surface area contributed by atoms with Crippen LogP contribution in [0.4, 0.5) is 10.5 Å². The average molecular weight is 346 g/mol. The van der Waals surface area contributed by atoms with E-state index >= 15 is 0 Å². The van der Waals surface area contributed by atoms with Gasteiger partial charge in [-0.3, -0.25) is 4.79 Å². The molecule has 2 aromatic rings. The third-order valence-corrected chi connectivity index (χ3v) is 3.84. The van der Waals surface area contributed by atoms with Gasteiger partial charge in [0.15, 0.2) is 0 Å². The first-order valence-electron chi connectivity index (χ1n) is 7.54. The third kappa shape index (κ3) is 4.99. The molecule has 0 bridgehead atoms. The molecule has 24 heavy (non-hydrogen) atoms. The van der Waals surface area contributed by atoms with Gasteiger partial charge in [0.1, 0.15) is 0 Å². The van der Waals surface area contributed by atoms with Crippen molar-refractivity contribution in [3.63, 3.8) is 0 Å². The van der Waals surface area contributed by atoms with Crippen molar-refractivity contribution in [3.8, 4) is 0 Å². The topological polar surface area (TPSA) is 61.4 Å². The summed E-state index contributed by atoms with van der Waals surface area (Å²) in [6.07, 6.45) is 0.174. The molecule has 0 unspecified atom stereocenters. The van der Waals surface area contributed by atoms with E-state index in [9.17, 15) is 9.59 Å². The van der Waals surface area contributed by atoms with Crippen LogP contribution in [-0.4, -0.2) is 30.9 Å². The number of nitrogens with one attached hydrogen (secondary N) is 2. The van der Waals surface area contributed by atoms with E-state index in [1.54, 1.807) is 38.4 Å². The van der Waals surface area contributed by atoms with Gasteiger partial charge in [0.05, 0.1) is 23.2 Å². The molecule has 2 rings (SSSR count). The molecule has 0 aliphatic rings. The maximum absolute atomic E-state index is 12.3. The lowest BCUT2D eigenvalue weighted by molar-refractivity contribution is -0.129. The zero-order valence-electron chi connectivity index (χ0n) is 13.6. The van der Waals surface area contributed by atoms with Gasteiger partial charge >= 0.3 is 6.03 Å². The van der Waals surface area contributed by atoms with Crippen molar-refractivity contribution in [3.05, 3.63) is 65.2 Å². The minimum absolute atomic E-state index is 0.0677. The number of carbonyl (C=O) groups excluding carboxylic acids is 2. The van der Waals surface area contributed by atoms with Crippen LogP contribution in [-0.2, 0) is 4.79 Å². The Hall–Kier alpha value is -2.53. The molecule has 0 aliphatic heterocycles. The molecular formula is C18H20ClN3O2. The monoisotopic (exact) mass is 345 g/mol. The predicted molar refractivity (Wildman–Crippen MR) is 96.1 cm³/mol. The van der Waals surface area contributed by atoms with E-state index in [0.717, 1.165) is 5.56 Å². The van der Waals surface area contributed by atoms with Crippen molar-refractivity contribution in [1.82, 2.24) is 10.2 Å². The number of hydrogen-bond donors (Lipinski definition) is 2. The molecule has 3 amide bonds. The maximum atomic E-state index is 12.3. The number of anilines is 1. The number of hydrogen-bond acceptors (Lipinski definition) is 2. The average Bonchev–Trinajstić information content (AvgIpc) is 2.57. The summed E-state index contributed by atoms with van der Waals surface area (Å²) in [5.41, 5.74) is 1.38. The molecule has 6 heteroatoms. The summed E-state index contributed by atoms with van der Waals surface area (Å²) in [5, 5.41) is 6.00. The Balaban J connectivity index is 2.11. The highest BCUT2D eigenvalue weighted by Gasteiger charge is 2.19. The molecule has 0 aromatic heterocycles. The Morgan fingerprint density at radius 2 is 1.67 bits per heavy atom. The SMILES string of the molecule is CN(C)C(=O)C[C@@H](NC(=O)Nc1ccccc1Cl)c1ccccc1. The van der Waals surface area contributed by atoms with Gasteiger partial charge in [-0.25, -0.2) is 4.79 Å². The molecule has 2 N–H and O–H groups in total. The maximum Gasteiger partial charge on any atom is 0.319 e. The highest BCUT2D eigenvalue weighted by atomic mass is 35.5. The van der Waals surface area contributed by atoms with Gasteiger partial charge in [0, 0.05) is 14.1 Å². The summed E-state index contributed by atoms with van der Waals surface area (Å²) in [5.74, 6) is -0.0677. The van der Waals surface area contributed by atoms with E-state index in [4.69, 9.17) is 11.6 Å². The van der Waals surface area contributed by atoms with E-state index in [1.165, 1.54) is 4.90 Å². The zero-order valence-corrected chi connectivity index (χ0v) is 14.4. The van der Waals surface area contributed by atoms with Gasteiger partial charge in [-0.15, -0.1) is 0 Å². The lowest BCUT2D eigenvalue weighted by Gasteiger charge is -2.21. The number of rotatable bonds is 5. The highest BCUT2D eigenvalue weighted by Crippen LogP contribution is 2.21. The summed E-state index contributed by atoms with van der Waals surface area (Å²) in [6, 6.07) is 15.5. The molecule has 0 spiro atoms. The Morgan fingerprint density at radius 3 is 2.29 bits per heavy atom. The van der Waals surface area contributed by atoms with Crippen molar-refractivity contribution in [1.29, 1.82) is 0 Å². The molecule has 2 aromatic carbocycles. The first kappa shape index (κ1) is 17.8. The molecule has 126 valence electrons. The predicted octanol–water partition coefficient (Wildman–Crippen LogP) is 3.68. The zero-order chi connectivity index (χ0) is 17.5. The smallest absolute Gasteiger partial charge is 0.319 e. The summed E-state index contributed by atoms with van der Waals surface area (Å²) in [7, 11) is 3.38. The largest absolute Gasteiger partial charge is 0.349 e. The van der Waals surface area contributed by atoms with Crippen molar-refractivity contribution in [2.45, 2.75) is 12.5 Å². The second-order valence-electron chi connectivity index (χ2n) is 5.53. The normalized spacial score (nSPS) is 11.5. The van der Waals surface area contributed by atoms with E-state index in [-0.39, 0.29) is 12.3 Å². The van der Waals surface area contributed by atoms with E-state index in [0.29, 0.717) is 10.7 Å². The number of benzene rings is 2. The summed E-state index contributed by atoms with van der Waals surface area (Å²) < 4.78 is 0. The van der Waals surface area contributed by atoms with Gasteiger partial charge in [-0.2, -0.15) is 0 Å². The van der Waals surface area contributed by atoms with E-state index in [1.807, 2.05) is 30.3 Å². The molecular weight excluding hydrogens is 326 g/mol. The minimum atomic E-state index is -0.427. The Labute approximate surface area is 146 Å². The first-order valence-corrected chi connectivity index (χ1v) is 7.92. The fourth-order valence-corrected chi connectivity index (χ4v) is 2.36. The van der Waals surface area contributed by atoms with Crippen LogP contribution in [0.2, 0.25) is 5.02 Å². The van der Waals surface area contributed by atoms with Crippen LogP contribution in [0.3, 0.4) is 0 Å². The number of halogens is 1. The van der Waals surface area contributed by atoms with Gasteiger partial charge in [-0.1, -0.05) is 54.1 Å². The van der Waals surface area contributed by atoms with Crippen LogP contribution in [0.1, 0.15) is 18.0 Å². The standard InChI is InChI=1S/C18H20ClN3O2/c1-22(2)17(23)12-16(13-8-4-3-5-9-13)21-18(24)20-15-11-7-6-10-14(15)19/h3-11,16H,12H2,1-2H3,(H2,20,21,24)/t16-/m1/s1. The van der Waals surface area contributed by atoms with Crippen molar-refractivity contribution >= 4 is 29.2 Å². The number of urea groups is 1. The fourth-order valence-electron chi connectivity index (χ4n) is 2.17. The Morgan fingerprint density at radius 1 is 1.04 bits per heavy atom. The molecule has 0 saturated carbocycles. The van der Waals surface area contributed by atoms with Crippen molar-refractivity contribution in [2.75, 3.05) is 19.4 Å². The van der Waals surface area contributed by atoms with Crippen LogP contribution < -0.4 is 10.6 Å². The Kier molecular flexibility index (Phi) is 6.21. The molecule has 0 fully saturated rings. The second-order valence-corrected chi connectivity index (χ2v) is 5.94. The van der Waals surface area contributed by atoms with Gasteiger partial charge in [-0.05, 0) is 17.7 Å². The van der Waals surface area contributed by atoms with Crippen molar-refractivity contribution < 1.29 is 9.59 Å². The van der Waals surface area contributed by atoms with Crippen LogP contribution in [0, 0.1) is 0 Å². The van der Waals surface area contributed by atoms with Crippen LogP contribution >= 0.6 is 11.6 Å². The number of para-hydroxylation sites is 1. The van der Waals surface area contributed by atoms with E-state index in [2.05, 4.69) is 10.6 Å². The minimum Gasteiger partial charge on any atom is -0.349 e. The molecule has 0 aliphatic carbocycles. The lowest BCUT2D eigenvalue weighted by atomic mass is 10.0. The third-order valence-electron chi connectivity index (χ3n) is 3.51. The van der Waals surface area contributed by atoms with Crippen molar-refractivity contribution in [2.24, 2.45) is 0 Å². The molecule has 0 radical (unpaired) electrons. The number of carbonyl (C=O) groups is 2. The first-order chi connectivity index (χ1) is 11.5. The molecule has 0 saturated heterocycles. The lowest BCUT2D eigenvalue weighted by Crippen LogP contribution is -2.36. The quantitative estimate of drug-likeness (QED) is 0.868. The van der Waals surface area contributed by atoms with Gasteiger partial charge < -0.3 is 15.5 Å². The molecule has 0 heterocycles. The summed E-state index contributed by atoms with van der Waals surface area (Å²) >= 11 is 6.04. The number of amides is 3. The summed E-state index contributed by atoms with van der Waals surface area (Å²) in [4.78, 5) is 25.9. The summed E-state index contributed by atoms with van der Waals surface area (Å²) in [6.45, 7) is 0. The Bertz CT molecular complexity index is 704. The fraction of sp³-hybridized carbons (Fsp3) is 0.222. The molecule has 1 atom stereocenters. The second kappa shape index (κ2) is 8.36. The van der Waals surface area contributed by atoms with E-state index < -0.39 is 12.1 Å². The van der Waals surface area contributed by atoms with Crippen LogP contribution in [0.25, 0.3) is 0 Å². The number of nitrogens with zero attached hydrogens (tertiary/aromatic N) is 1. The van der Waals surface area contributed by atoms with Crippen LogP contribution in [0.15, 0.2) is 54.6 Å². The van der Waals surface area contributed by atoms with Crippen LogP contribution in [0.5, 0.6) is 0 Å². The molecule has 5 nitrogen and oxygen atoms in total. The highest BCUT2D eigenvalue weighted by molar-refractivity contribution is 6.33. The van der Waals surface area contributed by atoms with Gasteiger partial charge in [0.2, 0.25) is 5.91 Å².